The van der Waals surface area contributed by atoms with E-state index in [-0.39, 0.29) is 5.91 Å². The molecule has 1 rings (SSSR count). The molecule has 1 amide bonds. The molecule has 4 heteroatoms. The second-order valence-electron chi connectivity index (χ2n) is 4.58. The van der Waals surface area contributed by atoms with E-state index in [4.69, 9.17) is 0 Å². The van der Waals surface area contributed by atoms with E-state index >= 15 is 0 Å². The summed E-state index contributed by atoms with van der Waals surface area (Å²) < 4.78 is 0. The number of hydrogen-bond acceptors (Lipinski definition) is 3. The SMILES string of the molecule is CC(C)=NNC(=O)CSCc1cc(C)cc(C)c1. The molecule has 0 saturated heterocycles. The summed E-state index contributed by atoms with van der Waals surface area (Å²) in [5.74, 6) is 1.24. The summed E-state index contributed by atoms with van der Waals surface area (Å²) in [4.78, 5) is 11.4. The largest absolute Gasteiger partial charge is 0.272 e. The Morgan fingerprint density at radius 2 is 1.83 bits per heavy atom. The van der Waals surface area contributed by atoms with Crippen LogP contribution in [0.2, 0.25) is 0 Å². The highest BCUT2D eigenvalue weighted by Crippen LogP contribution is 2.15. The molecular weight excluding hydrogens is 244 g/mol. The zero-order chi connectivity index (χ0) is 13.5. The van der Waals surface area contributed by atoms with Crippen LogP contribution in [0.5, 0.6) is 0 Å². The van der Waals surface area contributed by atoms with Gasteiger partial charge in [0.2, 0.25) is 5.91 Å². The number of carbonyl (C=O) groups excluding carboxylic acids is 1. The molecule has 98 valence electrons. The van der Waals surface area contributed by atoms with Crippen LogP contribution in [0.15, 0.2) is 23.3 Å². The van der Waals surface area contributed by atoms with Crippen LogP contribution in [0.3, 0.4) is 0 Å². The van der Waals surface area contributed by atoms with Gasteiger partial charge in [-0.2, -0.15) is 5.10 Å². The molecule has 0 aliphatic carbocycles. The predicted molar refractivity (Wildman–Crippen MR) is 79.0 cm³/mol. The van der Waals surface area contributed by atoms with Crippen molar-refractivity contribution in [1.82, 2.24) is 5.43 Å². The first-order valence-electron chi connectivity index (χ1n) is 5.92. The van der Waals surface area contributed by atoms with Crippen molar-refractivity contribution >= 4 is 23.4 Å². The highest BCUT2D eigenvalue weighted by molar-refractivity contribution is 7.99. The van der Waals surface area contributed by atoms with Crippen molar-refractivity contribution in [2.75, 3.05) is 5.75 Å². The van der Waals surface area contributed by atoms with Gasteiger partial charge in [-0.15, -0.1) is 11.8 Å². The van der Waals surface area contributed by atoms with Crippen molar-refractivity contribution in [3.8, 4) is 0 Å². The van der Waals surface area contributed by atoms with Gasteiger partial charge in [0, 0.05) is 11.5 Å². The Labute approximate surface area is 113 Å². The third kappa shape index (κ3) is 5.87. The highest BCUT2D eigenvalue weighted by Gasteiger charge is 2.01. The third-order valence-corrected chi connectivity index (χ3v) is 3.19. The average Bonchev–Trinajstić information content (AvgIpc) is 2.25. The summed E-state index contributed by atoms with van der Waals surface area (Å²) in [7, 11) is 0. The van der Waals surface area contributed by atoms with E-state index in [0.717, 1.165) is 11.5 Å². The number of nitrogens with one attached hydrogen (secondary N) is 1. The number of thioether (sulfide) groups is 1. The predicted octanol–water partition coefficient (Wildman–Crippen LogP) is 3.05. The summed E-state index contributed by atoms with van der Waals surface area (Å²) in [5.41, 5.74) is 7.16. The zero-order valence-corrected chi connectivity index (χ0v) is 12.2. The van der Waals surface area contributed by atoms with Crippen LogP contribution in [0.1, 0.15) is 30.5 Å². The van der Waals surface area contributed by atoms with E-state index < -0.39 is 0 Å². The van der Waals surface area contributed by atoms with Gasteiger partial charge in [-0.3, -0.25) is 4.79 Å². The molecule has 0 aliphatic heterocycles. The van der Waals surface area contributed by atoms with Crippen molar-refractivity contribution < 1.29 is 4.79 Å². The van der Waals surface area contributed by atoms with Gasteiger partial charge >= 0.3 is 0 Å². The summed E-state index contributed by atoms with van der Waals surface area (Å²) in [6, 6.07) is 6.47. The lowest BCUT2D eigenvalue weighted by Crippen LogP contribution is -2.20. The Balaban J connectivity index is 2.37. The topological polar surface area (TPSA) is 41.5 Å². The Kier molecular flexibility index (Phi) is 5.92. The van der Waals surface area contributed by atoms with Gasteiger partial charge in [-0.25, -0.2) is 5.43 Å². The minimum atomic E-state index is -0.0504. The van der Waals surface area contributed by atoms with Crippen molar-refractivity contribution in [3.63, 3.8) is 0 Å². The first kappa shape index (κ1) is 14.8. The van der Waals surface area contributed by atoms with E-state index in [1.165, 1.54) is 16.7 Å². The van der Waals surface area contributed by atoms with Gasteiger partial charge in [0.05, 0.1) is 5.75 Å². The third-order valence-electron chi connectivity index (χ3n) is 2.19. The lowest BCUT2D eigenvalue weighted by Gasteiger charge is -2.04. The highest BCUT2D eigenvalue weighted by atomic mass is 32.2. The van der Waals surface area contributed by atoms with Crippen LogP contribution < -0.4 is 5.43 Å². The number of hydrogen-bond donors (Lipinski definition) is 1. The number of amides is 1. The molecule has 1 N–H and O–H groups in total. The van der Waals surface area contributed by atoms with Crippen molar-refractivity contribution in [2.24, 2.45) is 5.10 Å². The molecule has 18 heavy (non-hydrogen) atoms. The van der Waals surface area contributed by atoms with Crippen LogP contribution in [0.25, 0.3) is 0 Å². The zero-order valence-electron chi connectivity index (χ0n) is 11.4. The summed E-state index contributed by atoms with van der Waals surface area (Å²) in [5, 5.41) is 3.88. The minimum absolute atomic E-state index is 0.0504. The molecule has 0 spiro atoms. The molecule has 0 saturated carbocycles. The van der Waals surface area contributed by atoms with Gasteiger partial charge in [0.15, 0.2) is 0 Å². The number of rotatable bonds is 5. The molecule has 0 fully saturated rings. The molecule has 0 radical (unpaired) electrons. The fraction of sp³-hybridized carbons (Fsp3) is 0.429. The quantitative estimate of drug-likeness (QED) is 0.656. The van der Waals surface area contributed by atoms with E-state index in [9.17, 15) is 4.79 Å². The number of benzene rings is 1. The minimum Gasteiger partial charge on any atom is -0.272 e. The fourth-order valence-corrected chi connectivity index (χ4v) is 2.37. The normalized spacial score (nSPS) is 10.0. The Bertz CT molecular complexity index is 431. The summed E-state index contributed by atoms with van der Waals surface area (Å²) in [6.45, 7) is 7.88. The van der Waals surface area contributed by atoms with Crippen molar-refractivity contribution in [2.45, 2.75) is 33.4 Å². The van der Waals surface area contributed by atoms with Crippen LogP contribution >= 0.6 is 11.8 Å². The van der Waals surface area contributed by atoms with Gasteiger partial charge < -0.3 is 0 Å². The monoisotopic (exact) mass is 264 g/mol. The van der Waals surface area contributed by atoms with E-state index in [1.807, 2.05) is 13.8 Å². The number of nitrogens with zero attached hydrogens (tertiary/aromatic N) is 1. The van der Waals surface area contributed by atoms with Crippen molar-refractivity contribution in [1.29, 1.82) is 0 Å². The molecular formula is C14H20N2OS. The van der Waals surface area contributed by atoms with E-state index in [1.54, 1.807) is 11.8 Å². The molecule has 0 atom stereocenters. The second kappa shape index (κ2) is 7.21. The Morgan fingerprint density at radius 1 is 1.22 bits per heavy atom. The molecule has 3 nitrogen and oxygen atoms in total. The smallest absolute Gasteiger partial charge is 0.250 e. The maximum Gasteiger partial charge on any atom is 0.250 e. The molecule has 0 heterocycles. The fourth-order valence-electron chi connectivity index (χ4n) is 1.62. The van der Waals surface area contributed by atoms with Gasteiger partial charge in [-0.1, -0.05) is 29.3 Å². The van der Waals surface area contributed by atoms with E-state index in [2.05, 4.69) is 42.6 Å². The molecule has 0 unspecified atom stereocenters. The van der Waals surface area contributed by atoms with Crippen LogP contribution in [0.4, 0.5) is 0 Å². The first-order valence-corrected chi connectivity index (χ1v) is 7.07. The number of carbonyl (C=O) groups is 1. The average molecular weight is 264 g/mol. The maximum atomic E-state index is 11.4. The lowest BCUT2D eigenvalue weighted by atomic mass is 10.1. The second-order valence-corrected chi connectivity index (χ2v) is 5.57. The van der Waals surface area contributed by atoms with E-state index in [0.29, 0.717) is 5.75 Å². The number of aryl methyl sites for hydroxylation is 2. The Hall–Kier alpha value is -1.29. The molecule has 0 aromatic heterocycles. The van der Waals surface area contributed by atoms with Crippen LogP contribution in [-0.2, 0) is 10.5 Å². The molecule has 1 aromatic carbocycles. The summed E-state index contributed by atoms with van der Waals surface area (Å²) >= 11 is 1.60. The molecule has 0 bridgehead atoms. The lowest BCUT2D eigenvalue weighted by molar-refractivity contribution is -0.118. The molecule has 0 aliphatic rings. The maximum absolute atomic E-state index is 11.4. The van der Waals surface area contributed by atoms with Gasteiger partial charge in [0.1, 0.15) is 0 Å². The first-order chi connectivity index (χ1) is 8.47. The number of hydrazone groups is 1. The van der Waals surface area contributed by atoms with Crippen LogP contribution in [0, 0.1) is 13.8 Å². The Morgan fingerprint density at radius 3 is 2.39 bits per heavy atom. The van der Waals surface area contributed by atoms with Gasteiger partial charge in [0.25, 0.3) is 0 Å². The molecule has 1 aromatic rings. The van der Waals surface area contributed by atoms with Crippen LogP contribution in [-0.4, -0.2) is 17.4 Å². The van der Waals surface area contributed by atoms with Gasteiger partial charge in [-0.05, 0) is 33.3 Å². The standard InChI is InChI=1S/C14H20N2OS/c1-10(2)15-16-14(17)9-18-8-13-6-11(3)5-12(4)7-13/h5-7H,8-9H2,1-4H3,(H,16,17). The summed E-state index contributed by atoms with van der Waals surface area (Å²) in [6.07, 6.45) is 0. The van der Waals surface area contributed by atoms with Crippen molar-refractivity contribution in [3.05, 3.63) is 34.9 Å².